The van der Waals surface area contributed by atoms with Crippen LogP contribution in [0.5, 0.6) is 5.75 Å². The maximum atomic E-state index is 13.5. The lowest BCUT2D eigenvalue weighted by atomic mass is 10.1. The molecular weight excluding hydrogens is 277 g/mol. The number of nitrogens with zero attached hydrogens (tertiary/aromatic N) is 1. The number of rotatable bonds is 5. The first kappa shape index (κ1) is 14.6. The smallest absolute Gasteiger partial charge is 0.304 e. The van der Waals surface area contributed by atoms with E-state index in [-0.39, 0.29) is 6.61 Å². The molecule has 0 fully saturated rings. The minimum Gasteiger partial charge on any atom is -0.488 e. The Hall–Kier alpha value is -2.76. The Morgan fingerprint density at radius 1 is 1.29 bits per heavy atom. The van der Waals surface area contributed by atoms with Crippen LogP contribution in [0.4, 0.5) is 10.1 Å². The number of nitro groups is 1. The Labute approximate surface area is 120 Å². The Kier molecular flexibility index (Phi) is 4.27. The topological polar surface area (TPSA) is 69.4 Å². The van der Waals surface area contributed by atoms with Crippen LogP contribution in [0.15, 0.2) is 36.4 Å². The second kappa shape index (κ2) is 6.13. The van der Waals surface area contributed by atoms with Crippen LogP contribution in [-0.4, -0.2) is 11.2 Å². The van der Waals surface area contributed by atoms with Crippen molar-refractivity contribution in [3.63, 3.8) is 0 Å². The number of hydrogen-bond donors (Lipinski definition) is 0. The van der Waals surface area contributed by atoms with Gasteiger partial charge in [-0.15, -0.1) is 0 Å². The van der Waals surface area contributed by atoms with Crippen LogP contribution < -0.4 is 4.74 Å². The first-order valence-corrected chi connectivity index (χ1v) is 6.12. The molecule has 0 atom stereocenters. The molecule has 0 saturated heterocycles. The number of halogens is 1. The third-order valence-corrected chi connectivity index (χ3v) is 2.90. The van der Waals surface area contributed by atoms with Gasteiger partial charge >= 0.3 is 5.69 Å². The van der Waals surface area contributed by atoms with Gasteiger partial charge in [0.2, 0.25) is 5.82 Å². The Morgan fingerprint density at radius 2 is 2.05 bits per heavy atom. The van der Waals surface area contributed by atoms with Gasteiger partial charge in [-0.3, -0.25) is 14.9 Å². The normalized spacial score (nSPS) is 10.2. The SMILES string of the molecule is Cc1ccc(OCc2ccc([N+](=O)[O-])c(F)c2)c(C=O)c1. The summed E-state index contributed by atoms with van der Waals surface area (Å²) >= 11 is 0. The second-order valence-electron chi connectivity index (χ2n) is 4.49. The quantitative estimate of drug-likeness (QED) is 0.480. The molecule has 0 saturated carbocycles. The number of aryl methyl sites for hydroxylation is 1. The molecule has 0 spiro atoms. The molecule has 21 heavy (non-hydrogen) atoms. The molecule has 0 aliphatic heterocycles. The van der Waals surface area contributed by atoms with Gasteiger partial charge < -0.3 is 4.74 Å². The van der Waals surface area contributed by atoms with Crippen molar-refractivity contribution < 1.29 is 18.8 Å². The van der Waals surface area contributed by atoms with Gasteiger partial charge in [0, 0.05) is 6.07 Å². The molecule has 0 aliphatic carbocycles. The van der Waals surface area contributed by atoms with E-state index >= 15 is 0 Å². The summed E-state index contributed by atoms with van der Waals surface area (Å²) in [7, 11) is 0. The first-order valence-electron chi connectivity index (χ1n) is 6.12. The van der Waals surface area contributed by atoms with Crippen LogP contribution in [-0.2, 0) is 6.61 Å². The average molecular weight is 289 g/mol. The lowest BCUT2D eigenvalue weighted by Gasteiger charge is -2.09. The highest BCUT2D eigenvalue weighted by molar-refractivity contribution is 5.79. The van der Waals surface area contributed by atoms with E-state index in [0.717, 1.165) is 17.7 Å². The highest BCUT2D eigenvalue weighted by Crippen LogP contribution is 2.22. The zero-order chi connectivity index (χ0) is 15.4. The molecule has 2 rings (SSSR count). The average Bonchev–Trinajstić information content (AvgIpc) is 2.45. The first-order chi connectivity index (χ1) is 10.0. The van der Waals surface area contributed by atoms with Crippen LogP contribution in [0.2, 0.25) is 0 Å². The Balaban J connectivity index is 2.15. The highest BCUT2D eigenvalue weighted by atomic mass is 19.1. The predicted octanol–water partition coefficient (Wildman–Crippen LogP) is 3.43. The van der Waals surface area contributed by atoms with E-state index in [4.69, 9.17) is 4.74 Å². The fraction of sp³-hybridized carbons (Fsp3) is 0.133. The third-order valence-electron chi connectivity index (χ3n) is 2.90. The van der Waals surface area contributed by atoms with E-state index in [0.29, 0.717) is 23.2 Å². The molecule has 6 heteroatoms. The van der Waals surface area contributed by atoms with Crippen molar-refractivity contribution in [2.45, 2.75) is 13.5 Å². The summed E-state index contributed by atoms with van der Waals surface area (Å²) in [5, 5.41) is 10.5. The van der Waals surface area contributed by atoms with Crippen molar-refractivity contribution in [1.29, 1.82) is 0 Å². The molecule has 0 N–H and O–H groups in total. The van der Waals surface area contributed by atoms with Gasteiger partial charge in [-0.05, 0) is 36.8 Å². The number of benzene rings is 2. The largest absolute Gasteiger partial charge is 0.488 e. The fourth-order valence-corrected chi connectivity index (χ4v) is 1.84. The van der Waals surface area contributed by atoms with Crippen molar-refractivity contribution >= 4 is 12.0 Å². The van der Waals surface area contributed by atoms with Gasteiger partial charge in [-0.25, -0.2) is 0 Å². The van der Waals surface area contributed by atoms with Crippen LogP contribution in [0.3, 0.4) is 0 Å². The van der Waals surface area contributed by atoms with E-state index in [1.165, 1.54) is 6.07 Å². The zero-order valence-corrected chi connectivity index (χ0v) is 11.2. The summed E-state index contributed by atoms with van der Waals surface area (Å²) in [4.78, 5) is 20.7. The van der Waals surface area contributed by atoms with Crippen LogP contribution >= 0.6 is 0 Å². The minimum absolute atomic E-state index is 0.0127. The van der Waals surface area contributed by atoms with E-state index in [1.54, 1.807) is 18.2 Å². The summed E-state index contributed by atoms with van der Waals surface area (Å²) in [5.74, 6) is -0.532. The maximum Gasteiger partial charge on any atom is 0.304 e. The number of nitro benzene ring substituents is 1. The molecule has 2 aromatic rings. The number of ether oxygens (including phenoxy) is 1. The van der Waals surface area contributed by atoms with Crippen LogP contribution in [0, 0.1) is 22.9 Å². The molecule has 108 valence electrons. The third kappa shape index (κ3) is 3.42. The molecule has 0 unspecified atom stereocenters. The van der Waals surface area contributed by atoms with Crippen molar-refractivity contribution in [3.05, 3.63) is 69.0 Å². The fourth-order valence-electron chi connectivity index (χ4n) is 1.84. The number of hydrogen-bond acceptors (Lipinski definition) is 4. The predicted molar refractivity (Wildman–Crippen MR) is 74.0 cm³/mol. The van der Waals surface area contributed by atoms with E-state index in [2.05, 4.69) is 0 Å². The highest BCUT2D eigenvalue weighted by Gasteiger charge is 2.14. The van der Waals surface area contributed by atoms with Gasteiger partial charge in [-0.2, -0.15) is 4.39 Å². The summed E-state index contributed by atoms with van der Waals surface area (Å²) < 4.78 is 18.9. The second-order valence-corrected chi connectivity index (χ2v) is 4.49. The summed E-state index contributed by atoms with van der Waals surface area (Å²) in [5.41, 5.74) is 1.18. The molecule has 0 amide bonds. The maximum absolute atomic E-state index is 13.5. The van der Waals surface area contributed by atoms with Gasteiger partial charge in [0.25, 0.3) is 0 Å². The Morgan fingerprint density at radius 3 is 2.67 bits per heavy atom. The summed E-state index contributed by atoms with van der Waals surface area (Å²) in [6, 6.07) is 8.67. The molecule has 0 aromatic heterocycles. The molecule has 2 aromatic carbocycles. The number of carbonyl (C=O) groups excluding carboxylic acids is 1. The Bertz CT molecular complexity index is 700. The standard InChI is InChI=1S/C15H12FNO4/c1-10-2-5-15(12(6-10)8-18)21-9-11-3-4-14(17(19)20)13(16)7-11/h2-8H,9H2,1H3. The molecular formula is C15H12FNO4. The monoisotopic (exact) mass is 289 g/mol. The van der Waals surface area contributed by atoms with E-state index in [9.17, 15) is 19.3 Å². The summed E-state index contributed by atoms with van der Waals surface area (Å²) in [6.45, 7) is 1.86. The van der Waals surface area contributed by atoms with Crippen molar-refractivity contribution in [1.82, 2.24) is 0 Å². The van der Waals surface area contributed by atoms with Gasteiger partial charge in [0.05, 0.1) is 10.5 Å². The van der Waals surface area contributed by atoms with Crippen LogP contribution in [0.25, 0.3) is 0 Å². The molecule has 0 heterocycles. The van der Waals surface area contributed by atoms with E-state index in [1.807, 2.05) is 6.92 Å². The molecule has 0 bridgehead atoms. The lowest BCUT2D eigenvalue weighted by Crippen LogP contribution is -2.00. The summed E-state index contributed by atoms with van der Waals surface area (Å²) in [6.07, 6.45) is 0.679. The molecule has 5 nitrogen and oxygen atoms in total. The minimum atomic E-state index is -0.916. The van der Waals surface area contributed by atoms with E-state index < -0.39 is 16.4 Å². The van der Waals surface area contributed by atoms with Crippen molar-refractivity contribution in [3.8, 4) is 5.75 Å². The molecule has 0 radical (unpaired) electrons. The van der Waals surface area contributed by atoms with Gasteiger partial charge in [-0.1, -0.05) is 11.6 Å². The zero-order valence-electron chi connectivity index (χ0n) is 11.2. The van der Waals surface area contributed by atoms with Gasteiger partial charge in [0.15, 0.2) is 6.29 Å². The lowest BCUT2D eigenvalue weighted by molar-refractivity contribution is -0.387. The van der Waals surface area contributed by atoms with Crippen LogP contribution in [0.1, 0.15) is 21.5 Å². The number of carbonyl (C=O) groups is 1. The van der Waals surface area contributed by atoms with Crippen molar-refractivity contribution in [2.24, 2.45) is 0 Å². The number of aldehydes is 1. The van der Waals surface area contributed by atoms with Gasteiger partial charge in [0.1, 0.15) is 12.4 Å². The molecule has 0 aliphatic rings. The van der Waals surface area contributed by atoms with Crippen molar-refractivity contribution in [2.75, 3.05) is 0 Å².